The van der Waals surface area contributed by atoms with Gasteiger partial charge in [-0.2, -0.15) is 0 Å². The molecule has 1 atom stereocenters. The van der Waals surface area contributed by atoms with Gasteiger partial charge in [0, 0.05) is 17.1 Å². The largest absolute Gasteiger partial charge is 0.478 e. The van der Waals surface area contributed by atoms with Gasteiger partial charge in [0.2, 0.25) is 0 Å². The number of thiophene rings is 1. The first-order valence-electron chi connectivity index (χ1n) is 7.17. The van der Waals surface area contributed by atoms with Crippen LogP contribution < -0.4 is 4.90 Å². The number of pyridine rings is 1. The van der Waals surface area contributed by atoms with Crippen molar-refractivity contribution in [2.24, 2.45) is 0 Å². The van der Waals surface area contributed by atoms with Crippen LogP contribution in [-0.2, 0) is 12.8 Å². The molecule has 1 aliphatic rings. The molecule has 3 heterocycles. The molecule has 3 rings (SSSR count). The van der Waals surface area contributed by atoms with Gasteiger partial charge >= 0.3 is 5.97 Å². The summed E-state index contributed by atoms with van der Waals surface area (Å²) in [6.45, 7) is 5.04. The van der Waals surface area contributed by atoms with Crippen molar-refractivity contribution >= 4 is 23.1 Å². The quantitative estimate of drug-likeness (QED) is 0.942. The molecule has 0 aliphatic carbocycles. The Morgan fingerprint density at radius 2 is 2.33 bits per heavy atom. The van der Waals surface area contributed by atoms with Gasteiger partial charge in [-0.15, -0.1) is 11.3 Å². The SMILES string of the molecule is CCc1cc(C(=O)O)cc(N2CCc3sccc3C2C)n1. The molecule has 0 radical (unpaired) electrons. The van der Waals surface area contributed by atoms with Crippen LogP contribution in [0.25, 0.3) is 0 Å². The van der Waals surface area contributed by atoms with Crippen molar-refractivity contribution in [3.05, 3.63) is 45.3 Å². The first-order valence-corrected chi connectivity index (χ1v) is 8.05. The summed E-state index contributed by atoms with van der Waals surface area (Å²) in [5, 5.41) is 11.4. The van der Waals surface area contributed by atoms with Crippen LogP contribution in [0.3, 0.4) is 0 Å². The molecule has 0 fully saturated rings. The van der Waals surface area contributed by atoms with E-state index in [1.165, 1.54) is 10.4 Å². The highest BCUT2D eigenvalue weighted by Gasteiger charge is 2.26. The van der Waals surface area contributed by atoms with Gasteiger partial charge in [0.1, 0.15) is 5.82 Å². The van der Waals surface area contributed by atoms with Crippen LogP contribution in [0.4, 0.5) is 5.82 Å². The lowest BCUT2D eigenvalue weighted by Gasteiger charge is -2.35. The van der Waals surface area contributed by atoms with Crippen LogP contribution in [0.2, 0.25) is 0 Å². The van der Waals surface area contributed by atoms with Crippen LogP contribution in [0, 0.1) is 0 Å². The number of carboxylic acid groups (broad SMARTS) is 1. The smallest absolute Gasteiger partial charge is 0.335 e. The fourth-order valence-electron chi connectivity index (χ4n) is 2.85. The van der Waals surface area contributed by atoms with Gasteiger partial charge in [-0.05, 0) is 48.9 Å². The fourth-order valence-corrected chi connectivity index (χ4v) is 3.81. The maximum atomic E-state index is 11.3. The van der Waals surface area contributed by atoms with Crippen LogP contribution in [0.1, 0.15) is 46.4 Å². The molecule has 0 bridgehead atoms. The van der Waals surface area contributed by atoms with Crippen molar-refractivity contribution in [3.63, 3.8) is 0 Å². The Morgan fingerprint density at radius 3 is 3.05 bits per heavy atom. The number of nitrogens with zero attached hydrogens (tertiary/aromatic N) is 2. The monoisotopic (exact) mass is 302 g/mol. The van der Waals surface area contributed by atoms with E-state index in [9.17, 15) is 9.90 Å². The van der Waals surface area contributed by atoms with Crippen LogP contribution in [0.15, 0.2) is 23.6 Å². The molecule has 5 heteroatoms. The molecular weight excluding hydrogens is 284 g/mol. The van der Waals surface area contributed by atoms with E-state index in [0.717, 1.165) is 30.9 Å². The molecule has 0 saturated heterocycles. The lowest BCUT2D eigenvalue weighted by atomic mass is 10.0. The zero-order valence-corrected chi connectivity index (χ0v) is 13.0. The van der Waals surface area contributed by atoms with Gasteiger partial charge in [0.15, 0.2) is 0 Å². The molecule has 0 aromatic carbocycles. The lowest BCUT2D eigenvalue weighted by molar-refractivity contribution is 0.0696. The van der Waals surface area contributed by atoms with Gasteiger partial charge in [-0.3, -0.25) is 0 Å². The summed E-state index contributed by atoms with van der Waals surface area (Å²) in [7, 11) is 0. The van der Waals surface area contributed by atoms with E-state index in [0.29, 0.717) is 5.56 Å². The van der Waals surface area contributed by atoms with E-state index >= 15 is 0 Å². The molecule has 0 amide bonds. The zero-order valence-electron chi connectivity index (χ0n) is 12.2. The third-order valence-corrected chi connectivity index (χ3v) is 5.04. The van der Waals surface area contributed by atoms with E-state index in [-0.39, 0.29) is 6.04 Å². The van der Waals surface area contributed by atoms with E-state index in [1.54, 1.807) is 23.5 Å². The van der Waals surface area contributed by atoms with Gasteiger partial charge in [0.05, 0.1) is 11.6 Å². The molecule has 2 aromatic rings. The maximum Gasteiger partial charge on any atom is 0.335 e. The highest BCUT2D eigenvalue weighted by molar-refractivity contribution is 7.10. The number of carbonyl (C=O) groups is 1. The van der Waals surface area contributed by atoms with Gasteiger partial charge in [-0.25, -0.2) is 9.78 Å². The van der Waals surface area contributed by atoms with Crippen molar-refractivity contribution in [1.29, 1.82) is 0 Å². The summed E-state index contributed by atoms with van der Waals surface area (Å²) < 4.78 is 0. The summed E-state index contributed by atoms with van der Waals surface area (Å²) in [6, 6.07) is 5.76. The average molecular weight is 302 g/mol. The number of carboxylic acids is 1. The number of hydrogen-bond acceptors (Lipinski definition) is 4. The minimum Gasteiger partial charge on any atom is -0.478 e. The van der Waals surface area contributed by atoms with E-state index in [2.05, 4.69) is 28.3 Å². The van der Waals surface area contributed by atoms with Gasteiger partial charge in [0.25, 0.3) is 0 Å². The topological polar surface area (TPSA) is 53.4 Å². The Morgan fingerprint density at radius 1 is 1.52 bits per heavy atom. The van der Waals surface area contributed by atoms with Crippen molar-refractivity contribution in [1.82, 2.24) is 4.98 Å². The normalized spacial score (nSPS) is 17.6. The molecule has 2 aromatic heterocycles. The predicted octanol–water partition coefficient (Wildman–Crippen LogP) is 3.53. The highest BCUT2D eigenvalue weighted by atomic mass is 32.1. The fraction of sp³-hybridized carbons (Fsp3) is 0.375. The summed E-state index contributed by atoms with van der Waals surface area (Å²) in [4.78, 5) is 19.6. The van der Waals surface area contributed by atoms with E-state index in [4.69, 9.17) is 0 Å². The second kappa shape index (κ2) is 5.48. The maximum absolute atomic E-state index is 11.3. The second-order valence-corrected chi connectivity index (χ2v) is 6.28. The number of fused-ring (bicyclic) bond motifs is 1. The minimum absolute atomic E-state index is 0.237. The molecule has 21 heavy (non-hydrogen) atoms. The number of aromatic carboxylic acids is 1. The number of hydrogen-bond donors (Lipinski definition) is 1. The molecule has 1 unspecified atom stereocenters. The number of aromatic nitrogens is 1. The van der Waals surface area contributed by atoms with E-state index < -0.39 is 5.97 Å². The van der Waals surface area contributed by atoms with Crippen LogP contribution in [-0.4, -0.2) is 22.6 Å². The molecule has 4 nitrogen and oxygen atoms in total. The standard InChI is InChI=1S/C16H18N2O2S/c1-3-12-8-11(16(19)20)9-15(17-12)18-6-4-14-13(10(18)2)5-7-21-14/h5,7-10H,3-4,6H2,1-2H3,(H,19,20). The second-order valence-electron chi connectivity index (χ2n) is 5.28. The average Bonchev–Trinajstić information content (AvgIpc) is 2.96. The molecule has 1 aliphatic heterocycles. The lowest BCUT2D eigenvalue weighted by Crippen LogP contribution is -2.34. The Hall–Kier alpha value is -1.88. The highest BCUT2D eigenvalue weighted by Crippen LogP contribution is 2.35. The number of aryl methyl sites for hydroxylation is 1. The van der Waals surface area contributed by atoms with Crippen LogP contribution in [0.5, 0.6) is 0 Å². The molecule has 110 valence electrons. The van der Waals surface area contributed by atoms with Gasteiger partial charge < -0.3 is 10.0 Å². The first kappa shape index (κ1) is 14.1. The summed E-state index contributed by atoms with van der Waals surface area (Å²) in [6.07, 6.45) is 1.73. The van der Waals surface area contributed by atoms with Crippen molar-refractivity contribution in [3.8, 4) is 0 Å². The Bertz CT molecular complexity index is 681. The zero-order chi connectivity index (χ0) is 15.0. The van der Waals surface area contributed by atoms with Crippen molar-refractivity contribution < 1.29 is 9.90 Å². The molecule has 0 saturated carbocycles. The summed E-state index contributed by atoms with van der Waals surface area (Å²) >= 11 is 1.80. The third kappa shape index (κ3) is 2.53. The Kier molecular flexibility index (Phi) is 3.68. The van der Waals surface area contributed by atoms with Crippen molar-refractivity contribution in [2.45, 2.75) is 32.7 Å². The molecule has 0 spiro atoms. The van der Waals surface area contributed by atoms with Gasteiger partial charge in [-0.1, -0.05) is 6.92 Å². The Balaban J connectivity index is 2.01. The Labute approximate surface area is 128 Å². The van der Waals surface area contributed by atoms with E-state index in [1.807, 2.05) is 6.92 Å². The predicted molar refractivity (Wildman–Crippen MR) is 84.4 cm³/mol. The van der Waals surface area contributed by atoms with Crippen molar-refractivity contribution in [2.75, 3.05) is 11.4 Å². The summed E-state index contributed by atoms with van der Waals surface area (Å²) in [5.41, 5.74) is 2.49. The van der Waals surface area contributed by atoms with Crippen LogP contribution >= 0.6 is 11.3 Å². The first-order chi connectivity index (χ1) is 10.1. The minimum atomic E-state index is -0.894. The molecular formula is C16H18N2O2S. The summed E-state index contributed by atoms with van der Waals surface area (Å²) in [5.74, 6) is -0.120. The third-order valence-electron chi connectivity index (χ3n) is 4.05. The number of rotatable bonds is 3. The number of anilines is 1. The molecule has 1 N–H and O–H groups in total.